The van der Waals surface area contributed by atoms with Crippen LogP contribution in [0.5, 0.6) is 0 Å². The number of piperidine rings is 1. The molecule has 0 unspecified atom stereocenters. The first-order valence-corrected chi connectivity index (χ1v) is 7.24. The van der Waals surface area contributed by atoms with Gasteiger partial charge in [-0.2, -0.15) is 13.2 Å². The van der Waals surface area contributed by atoms with Gasteiger partial charge < -0.3 is 10.2 Å². The third-order valence-corrected chi connectivity index (χ3v) is 3.93. The Labute approximate surface area is 122 Å². The molecule has 2 nitrogen and oxygen atoms in total. The van der Waals surface area contributed by atoms with E-state index in [-0.39, 0.29) is 5.69 Å². The average Bonchev–Trinajstić information content (AvgIpc) is 2.45. The quantitative estimate of drug-likeness (QED) is 0.854. The van der Waals surface area contributed by atoms with E-state index in [2.05, 4.69) is 5.32 Å². The van der Waals surface area contributed by atoms with Gasteiger partial charge in [0.2, 0.25) is 0 Å². The Hall–Kier alpha value is -1.30. The first-order valence-electron chi connectivity index (χ1n) is 7.24. The molecule has 0 radical (unpaired) electrons. The summed E-state index contributed by atoms with van der Waals surface area (Å²) >= 11 is 0. The SMILES string of the molecule is CCN(CC1CCNCC1)c1ccc(C(F)(F)F)cc1F. The molecule has 1 aliphatic rings. The fourth-order valence-corrected chi connectivity index (χ4v) is 2.71. The molecule has 1 aliphatic heterocycles. The monoisotopic (exact) mass is 304 g/mol. The molecule has 118 valence electrons. The maximum absolute atomic E-state index is 14.0. The standard InChI is InChI=1S/C15H20F4N2/c1-2-21(10-11-5-7-20-8-6-11)14-4-3-12(9-13(14)16)15(17,18)19/h3-4,9,11,20H,2,5-8,10H2,1H3. The van der Waals surface area contributed by atoms with E-state index in [0.717, 1.165) is 32.0 Å². The largest absolute Gasteiger partial charge is 0.416 e. The van der Waals surface area contributed by atoms with Gasteiger partial charge in [-0.1, -0.05) is 0 Å². The van der Waals surface area contributed by atoms with Crippen molar-refractivity contribution in [3.63, 3.8) is 0 Å². The Morgan fingerprint density at radius 1 is 1.24 bits per heavy atom. The molecular weight excluding hydrogens is 284 g/mol. The predicted molar refractivity (Wildman–Crippen MR) is 74.9 cm³/mol. The molecule has 0 aromatic heterocycles. The number of halogens is 4. The van der Waals surface area contributed by atoms with E-state index in [4.69, 9.17) is 0 Å². The van der Waals surface area contributed by atoms with Gasteiger partial charge in [0.15, 0.2) is 0 Å². The van der Waals surface area contributed by atoms with Gasteiger partial charge in [0.1, 0.15) is 5.82 Å². The summed E-state index contributed by atoms with van der Waals surface area (Å²) in [5.41, 5.74) is -0.689. The van der Waals surface area contributed by atoms with Crippen molar-refractivity contribution in [3.8, 4) is 0 Å². The van der Waals surface area contributed by atoms with E-state index in [1.54, 1.807) is 0 Å². The first kappa shape index (κ1) is 16.1. The molecule has 1 N–H and O–H groups in total. The summed E-state index contributed by atoms with van der Waals surface area (Å²) in [5, 5.41) is 3.26. The Kier molecular flexibility index (Phi) is 5.08. The highest BCUT2D eigenvalue weighted by atomic mass is 19.4. The van der Waals surface area contributed by atoms with Gasteiger partial charge in [-0.25, -0.2) is 4.39 Å². The molecule has 1 saturated heterocycles. The van der Waals surface area contributed by atoms with Crippen LogP contribution in [0.15, 0.2) is 18.2 Å². The smallest absolute Gasteiger partial charge is 0.369 e. The van der Waals surface area contributed by atoms with Crippen molar-refractivity contribution >= 4 is 5.69 Å². The second-order valence-corrected chi connectivity index (χ2v) is 5.40. The van der Waals surface area contributed by atoms with Crippen molar-refractivity contribution in [2.45, 2.75) is 25.9 Å². The Balaban J connectivity index is 2.14. The van der Waals surface area contributed by atoms with Crippen LogP contribution in [0.2, 0.25) is 0 Å². The van der Waals surface area contributed by atoms with E-state index in [1.165, 1.54) is 6.07 Å². The molecule has 1 fully saturated rings. The van der Waals surface area contributed by atoms with Crippen LogP contribution in [0.1, 0.15) is 25.3 Å². The lowest BCUT2D eigenvalue weighted by molar-refractivity contribution is -0.137. The minimum Gasteiger partial charge on any atom is -0.369 e. The molecule has 0 amide bonds. The van der Waals surface area contributed by atoms with Crippen LogP contribution >= 0.6 is 0 Å². The third-order valence-electron chi connectivity index (χ3n) is 3.93. The zero-order chi connectivity index (χ0) is 15.5. The normalized spacial score (nSPS) is 17.0. The van der Waals surface area contributed by atoms with Crippen molar-refractivity contribution < 1.29 is 17.6 Å². The average molecular weight is 304 g/mol. The third kappa shape index (κ3) is 4.09. The molecule has 1 aromatic carbocycles. The van der Waals surface area contributed by atoms with Crippen molar-refractivity contribution in [1.29, 1.82) is 0 Å². The topological polar surface area (TPSA) is 15.3 Å². The van der Waals surface area contributed by atoms with Crippen molar-refractivity contribution in [2.75, 3.05) is 31.1 Å². The molecule has 0 saturated carbocycles. The van der Waals surface area contributed by atoms with Crippen LogP contribution < -0.4 is 10.2 Å². The Bertz CT molecular complexity index is 467. The summed E-state index contributed by atoms with van der Waals surface area (Å²) in [7, 11) is 0. The van der Waals surface area contributed by atoms with Crippen LogP contribution in [0.4, 0.5) is 23.2 Å². The van der Waals surface area contributed by atoms with Crippen molar-refractivity contribution in [2.24, 2.45) is 5.92 Å². The summed E-state index contributed by atoms with van der Waals surface area (Å²) in [4.78, 5) is 1.82. The van der Waals surface area contributed by atoms with Crippen LogP contribution in [0.3, 0.4) is 0 Å². The second kappa shape index (κ2) is 6.64. The zero-order valence-corrected chi connectivity index (χ0v) is 12.0. The lowest BCUT2D eigenvalue weighted by Gasteiger charge is -2.31. The summed E-state index contributed by atoms with van der Waals surface area (Å²) in [5.74, 6) is -0.353. The summed E-state index contributed by atoms with van der Waals surface area (Å²) in [6.45, 7) is 5.03. The molecule has 0 bridgehead atoms. The molecule has 21 heavy (non-hydrogen) atoms. The maximum atomic E-state index is 14.0. The molecule has 0 aliphatic carbocycles. The number of hydrogen-bond donors (Lipinski definition) is 1. The lowest BCUT2D eigenvalue weighted by Crippen LogP contribution is -2.36. The van der Waals surface area contributed by atoms with Gasteiger partial charge in [-0.05, 0) is 57.0 Å². The van der Waals surface area contributed by atoms with Crippen molar-refractivity contribution in [3.05, 3.63) is 29.6 Å². The fourth-order valence-electron chi connectivity index (χ4n) is 2.71. The van der Waals surface area contributed by atoms with E-state index in [1.807, 2.05) is 11.8 Å². The lowest BCUT2D eigenvalue weighted by atomic mass is 9.97. The second-order valence-electron chi connectivity index (χ2n) is 5.40. The van der Waals surface area contributed by atoms with Gasteiger partial charge in [0, 0.05) is 13.1 Å². The van der Waals surface area contributed by atoms with Crippen LogP contribution in [-0.4, -0.2) is 26.2 Å². The van der Waals surface area contributed by atoms with E-state index >= 15 is 0 Å². The molecule has 2 rings (SSSR count). The van der Waals surface area contributed by atoms with Gasteiger partial charge in [-0.15, -0.1) is 0 Å². The highest BCUT2D eigenvalue weighted by Gasteiger charge is 2.31. The summed E-state index contributed by atoms with van der Waals surface area (Å²) < 4.78 is 51.7. The zero-order valence-electron chi connectivity index (χ0n) is 12.0. The minimum atomic E-state index is -4.51. The fraction of sp³-hybridized carbons (Fsp3) is 0.600. The summed E-state index contributed by atoms with van der Waals surface area (Å²) in [6.07, 6.45) is -2.48. The number of anilines is 1. The number of alkyl halides is 3. The highest BCUT2D eigenvalue weighted by molar-refractivity contribution is 5.49. The highest BCUT2D eigenvalue weighted by Crippen LogP contribution is 2.32. The van der Waals surface area contributed by atoms with Gasteiger partial charge in [0.25, 0.3) is 0 Å². The molecule has 6 heteroatoms. The Morgan fingerprint density at radius 3 is 2.43 bits per heavy atom. The Morgan fingerprint density at radius 2 is 1.90 bits per heavy atom. The number of nitrogens with one attached hydrogen (secondary N) is 1. The van der Waals surface area contributed by atoms with Crippen LogP contribution in [-0.2, 0) is 6.18 Å². The van der Waals surface area contributed by atoms with Gasteiger partial charge >= 0.3 is 6.18 Å². The van der Waals surface area contributed by atoms with E-state index in [9.17, 15) is 17.6 Å². The van der Waals surface area contributed by atoms with Crippen LogP contribution in [0, 0.1) is 11.7 Å². The molecule has 0 atom stereocenters. The number of hydrogen-bond acceptors (Lipinski definition) is 2. The van der Waals surface area contributed by atoms with Gasteiger partial charge in [-0.3, -0.25) is 0 Å². The minimum absolute atomic E-state index is 0.254. The maximum Gasteiger partial charge on any atom is 0.416 e. The number of nitrogens with zero attached hydrogens (tertiary/aromatic N) is 1. The molecular formula is C15H20F4N2. The molecule has 0 spiro atoms. The van der Waals surface area contributed by atoms with E-state index in [0.29, 0.717) is 25.1 Å². The van der Waals surface area contributed by atoms with E-state index < -0.39 is 17.6 Å². The van der Waals surface area contributed by atoms with Gasteiger partial charge in [0.05, 0.1) is 11.3 Å². The predicted octanol–water partition coefficient (Wildman–Crippen LogP) is 3.67. The molecule has 1 aromatic rings. The number of benzene rings is 1. The summed E-state index contributed by atoms with van der Waals surface area (Å²) in [6, 6.07) is 2.77. The number of rotatable bonds is 4. The first-order chi connectivity index (χ1) is 9.91. The molecule has 1 heterocycles. The van der Waals surface area contributed by atoms with Crippen molar-refractivity contribution in [1.82, 2.24) is 5.32 Å². The van der Waals surface area contributed by atoms with Crippen LogP contribution in [0.25, 0.3) is 0 Å².